The van der Waals surface area contributed by atoms with Crippen LogP contribution in [-0.4, -0.2) is 51.6 Å². The Bertz CT molecular complexity index is 1110. The van der Waals surface area contributed by atoms with E-state index in [-0.39, 0.29) is 31.1 Å². The van der Waals surface area contributed by atoms with Crippen LogP contribution < -0.4 is 0 Å². The number of piperazine rings is 1. The van der Waals surface area contributed by atoms with Gasteiger partial charge in [0.05, 0.1) is 9.79 Å². The van der Waals surface area contributed by atoms with E-state index in [1.807, 2.05) is 19.9 Å². The molecular weight excluding hydrogens is 415 g/mol. The maximum atomic E-state index is 13.3. The Morgan fingerprint density at radius 3 is 1.59 bits per heavy atom. The SMILES string of the molecule is Cc1cc(C)c(C)c(S(=O)(=O)N2CCN(S(=O)(=O)c3ccc(F)cc3)CC2)c1C. The molecule has 3 rings (SSSR count). The molecule has 1 saturated heterocycles. The zero-order chi connectivity index (χ0) is 21.6. The molecule has 1 aliphatic rings. The van der Waals surface area contributed by atoms with Crippen LogP contribution in [0.15, 0.2) is 40.1 Å². The van der Waals surface area contributed by atoms with Crippen LogP contribution in [0, 0.1) is 33.5 Å². The monoisotopic (exact) mass is 440 g/mol. The molecule has 0 aromatic heterocycles. The highest BCUT2D eigenvalue weighted by molar-refractivity contribution is 7.89. The molecule has 0 saturated carbocycles. The number of benzene rings is 2. The number of hydrogen-bond donors (Lipinski definition) is 0. The minimum atomic E-state index is -3.80. The van der Waals surface area contributed by atoms with Crippen LogP contribution in [-0.2, 0) is 20.0 Å². The molecule has 0 amide bonds. The molecule has 0 radical (unpaired) electrons. The molecule has 2 aromatic rings. The van der Waals surface area contributed by atoms with Crippen LogP contribution >= 0.6 is 0 Å². The highest BCUT2D eigenvalue weighted by atomic mass is 32.2. The van der Waals surface area contributed by atoms with E-state index in [1.165, 1.54) is 20.7 Å². The molecule has 0 bridgehead atoms. The van der Waals surface area contributed by atoms with E-state index in [9.17, 15) is 21.2 Å². The molecule has 0 atom stereocenters. The van der Waals surface area contributed by atoms with Crippen LogP contribution in [0.2, 0.25) is 0 Å². The molecule has 9 heteroatoms. The van der Waals surface area contributed by atoms with Gasteiger partial charge in [0.25, 0.3) is 0 Å². The Kier molecular flexibility index (Phi) is 5.88. The number of halogens is 1. The second-order valence-corrected chi connectivity index (χ2v) is 11.2. The third-order valence-corrected chi connectivity index (χ3v) is 9.63. The summed E-state index contributed by atoms with van der Waals surface area (Å²) in [6.07, 6.45) is 0. The van der Waals surface area contributed by atoms with Gasteiger partial charge in [0.15, 0.2) is 0 Å². The highest BCUT2D eigenvalue weighted by Crippen LogP contribution is 2.30. The van der Waals surface area contributed by atoms with Crippen molar-refractivity contribution in [1.29, 1.82) is 0 Å². The van der Waals surface area contributed by atoms with E-state index in [0.29, 0.717) is 4.90 Å². The second kappa shape index (κ2) is 7.79. The summed E-state index contributed by atoms with van der Waals surface area (Å²) in [5.74, 6) is -0.515. The number of hydrogen-bond acceptors (Lipinski definition) is 4. The van der Waals surface area contributed by atoms with E-state index in [2.05, 4.69) is 0 Å². The molecule has 2 aromatic carbocycles. The molecule has 0 aliphatic carbocycles. The van der Waals surface area contributed by atoms with Crippen LogP contribution in [0.1, 0.15) is 22.3 Å². The zero-order valence-electron chi connectivity index (χ0n) is 16.9. The largest absolute Gasteiger partial charge is 0.243 e. The molecule has 6 nitrogen and oxygen atoms in total. The van der Waals surface area contributed by atoms with Gasteiger partial charge in [0, 0.05) is 26.2 Å². The first-order chi connectivity index (χ1) is 13.5. The van der Waals surface area contributed by atoms with Crippen molar-refractivity contribution >= 4 is 20.0 Å². The molecule has 29 heavy (non-hydrogen) atoms. The number of nitrogens with zero attached hydrogens (tertiary/aromatic N) is 2. The Labute approximate surface area is 172 Å². The summed E-state index contributed by atoms with van der Waals surface area (Å²) in [7, 11) is -7.54. The molecular formula is C20H25FN2O4S2. The molecule has 1 aliphatic heterocycles. The highest BCUT2D eigenvalue weighted by Gasteiger charge is 2.35. The number of aryl methyl sites for hydroxylation is 2. The van der Waals surface area contributed by atoms with Crippen molar-refractivity contribution in [3.05, 3.63) is 58.4 Å². The maximum Gasteiger partial charge on any atom is 0.243 e. The quantitative estimate of drug-likeness (QED) is 0.733. The summed E-state index contributed by atoms with van der Waals surface area (Å²) >= 11 is 0. The fraction of sp³-hybridized carbons (Fsp3) is 0.400. The van der Waals surface area contributed by atoms with Crippen molar-refractivity contribution in [2.75, 3.05) is 26.2 Å². The van der Waals surface area contributed by atoms with E-state index in [0.717, 1.165) is 34.4 Å². The van der Waals surface area contributed by atoms with Gasteiger partial charge in [0.2, 0.25) is 20.0 Å². The molecule has 1 fully saturated rings. The Morgan fingerprint density at radius 1 is 0.724 bits per heavy atom. The molecule has 158 valence electrons. The second-order valence-electron chi connectivity index (χ2n) is 7.35. The van der Waals surface area contributed by atoms with Crippen molar-refractivity contribution in [2.24, 2.45) is 0 Å². The van der Waals surface area contributed by atoms with E-state index < -0.39 is 25.9 Å². The van der Waals surface area contributed by atoms with Gasteiger partial charge < -0.3 is 0 Å². The van der Waals surface area contributed by atoms with Gasteiger partial charge in [-0.3, -0.25) is 0 Å². The normalized spacial score (nSPS) is 16.9. The van der Waals surface area contributed by atoms with E-state index in [4.69, 9.17) is 0 Å². The van der Waals surface area contributed by atoms with Gasteiger partial charge in [-0.2, -0.15) is 8.61 Å². The third kappa shape index (κ3) is 3.96. The lowest BCUT2D eigenvalue weighted by atomic mass is 10.0. The van der Waals surface area contributed by atoms with Crippen LogP contribution in [0.3, 0.4) is 0 Å². The lowest BCUT2D eigenvalue weighted by Crippen LogP contribution is -2.50. The predicted molar refractivity (Wildman–Crippen MR) is 109 cm³/mol. The van der Waals surface area contributed by atoms with Gasteiger partial charge in [-0.05, 0) is 74.2 Å². The first kappa shape index (κ1) is 21.9. The van der Waals surface area contributed by atoms with Gasteiger partial charge in [-0.15, -0.1) is 0 Å². The summed E-state index contributed by atoms with van der Waals surface area (Å²) in [5, 5.41) is 0. The summed E-state index contributed by atoms with van der Waals surface area (Å²) in [4.78, 5) is 0.307. The minimum Gasteiger partial charge on any atom is -0.207 e. The van der Waals surface area contributed by atoms with Crippen LogP contribution in [0.4, 0.5) is 4.39 Å². The van der Waals surface area contributed by atoms with Crippen molar-refractivity contribution < 1.29 is 21.2 Å². The summed E-state index contributed by atoms with van der Waals surface area (Å²) in [5.41, 5.74) is 3.25. The fourth-order valence-corrected chi connectivity index (χ4v) is 7.02. The average molecular weight is 441 g/mol. The summed E-state index contributed by atoms with van der Waals surface area (Å²) in [6.45, 7) is 7.57. The molecule has 0 spiro atoms. The van der Waals surface area contributed by atoms with Crippen LogP contribution in [0.25, 0.3) is 0 Å². The van der Waals surface area contributed by atoms with Gasteiger partial charge in [-0.1, -0.05) is 6.07 Å². The lowest BCUT2D eigenvalue weighted by molar-refractivity contribution is 0.272. The van der Waals surface area contributed by atoms with Crippen molar-refractivity contribution in [3.8, 4) is 0 Å². The number of rotatable bonds is 4. The summed E-state index contributed by atoms with van der Waals surface area (Å²) in [6, 6.07) is 6.60. The zero-order valence-corrected chi connectivity index (χ0v) is 18.6. The Balaban J connectivity index is 1.85. The van der Waals surface area contributed by atoms with E-state index in [1.54, 1.807) is 13.8 Å². The van der Waals surface area contributed by atoms with Gasteiger partial charge in [-0.25, -0.2) is 21.2 Å². The summed E-state index contributed by atoms with van der Waals surface area (Å²) < 4.78 is 67.8. The topological polar surface area (TPSA) is 74.8 Å². The van der Waals surface area contributed by atoms with Gasteiger partial charge in [0.1, 0.15) is 5.82 Å². The van der Waals surface area contributed by atoms with Crippen LogP contribution in [0.5, 0.6) is 0 Å². The Hall–Kier alpha value is -1.81. The molecule has 1 heterocycles. The molecule has 0 N–H and O–H groups in total. The first-order valence-corrected chi connectivity index (χ1v) is 12.2. The standard InChI is InChI=1S/C20H25FN2O4S2/c1-14-13-15(2)17(4)20(16(14)3)29(26,27)23-11-9-22(10-12-23)28(24,25)19-7-5-18(21)6-8-19/h5-8,13H,9-12H2,1-4H3. The first-order valence-electron chi connectivity index (χ1n) is 9.29. The maximum absolute atomic E-state index is 13.3. The van der Waals surface area contributed by atoms with Gasteiger partial charge >= 0.3 is 0 Å². The van der Waals surface area contributed by atoms with E-state index >= 15 is 0 Å². The Morgan fingerprint density at radius 2 is 1.14 bits per heavy atom. The number of sulfonamides is 2. The average Bonchev–Trinajstić information content (AvgIpc) is 2.67. The third-order valence-electron chi connectivity index (χ3n) is 5.54. The fourth-order valence-electron chi connectivity index (χ4n) is 3.60. The smallest absolute Gasteiger partial charge is 0.207 e. The minimum absolute atomic E-state index is 0.00351. The van der Waals surface area contributed by atoms with Crippen molar-refractivity contribution in [2.45, 2.75) is 37.5 Å². The lowest BCUT2D eigenvalue weighted by Gasteiger charge is -2.34. The predicted octanol–water partition coefficient (Wildman–Crippen LogP) is 2.75. The van der Waals surface area contributed by atoms with Crippen molar-refractivity contribution in [1.82, 2.24) is 8.61 Å². The van der Waals surface area contributed by atoms with Crippen molar-refractivity contribution in [3.63, 3.8) is 0 Å². The molecule has 0 unspecified atom stereocenters.